The molecule has 1 N–H and O–H groups in total. The van der Waals surface area contributed by atoms with Crippen LogP contribution in [0.5, 0.6) is 5.75 Å². The highest BCUT2D eigenvalue weighted by Gasteiger charge is 2.11. The molecule has 0 aliphatic rings. The second kappa shape index (κ2) is 6.09. The van der Waals surface area contributed by atoms with E-state index in [2.05, 4.69) is 16.9 Å². The summed E-state index contributed by atoms with van der Waals surface area (Å²) in [6, 6.07) is 11.5. The number of hydrogen-bond donors (Lipinski definition) is 1. The SMILES string of the molecule is COc1ccc(N[S@](=O)c2c(C)cc(C)cc2C)cc1. The fraction of sp³-hybridized carbons (Fsp3) is 0.250. The normalized spacial score (nSPS) is 12.0. The van der Waals surface area contributed by atoms with Crippen molar-refractivity contribution in [2.45, 2.75) is 25.7 Å². The van der Waals surface area contributed by atoms with E-state index in [0.717, 1.165) is 27.5 Å². The molecule has 2 aromatic rings. The molecule has 0 unspecified atom stereocenters. The average Bonchev–Trinajstić information content (AvgIpc) is 2.38. The minimum atomic E-state index is -1.27. The number of benzene rings is 2. The van der Waals surface area contributed by atoms with E-state index in [0.29, 0.717) is 0 Å². The molecule has 0 saturated heterocycles. The monoisotopic (exact) mass is 289 g/mol. The highest BCUT2D eigenvalue weighted by atomic mass is 32.2. The topological polar surface area (TPSA) is 38.3 Å². The third-order valence-electron chi connectivity index (χ3n) is 3.09. The first-order valence-electron chi connectivity index (χ1n) is 6.41. The number of methoxy groups -OCH3 is 1. The largest absolute Gasteiger partial charge is 0.497 e. The Hall–Kier alpha value is -1.81. The summed E-state index contributed by atoms with van der Waals surface area (Å²) in [7, 11) is 0.359. The number of anilines is 1. The van der Waals surface area contributed by atoms with Gasteiger partial charge < -0.3 is 9.46 Å². The van der Waals surface area contributed by atoms with Crippen LogP contribution in [0.2, 0.25) is 0 Å². The van der Waals surface area contributed by atoms with Crippen LogP contribution in [0.25, 0.3) is 0 Å². The van der Waals surface area contributed by atoms with Crippen molar-refractivity contribution in [3.8, 4) is 5.75 Å². The first-order valence-corrected chi connectivity index (χ1v) is 7.56. The molecule has 3 nitrogen and oxygen atoms in total. The molecule has 0 aromatic heterocycles. The lowest BCUT2D eigenvalue weighted by molar-refractivity contribution is 0.415. The summed E-state index contributed by atoms with van der Waals surface area (Å²) in [5.41, 5.74) is 4.08. The van der Waals surface area contributed by atoms with Gasteiger partial charge in [0.25, 0.3) is 0 Å². The van der Waals surface area contributed by atoms with Crippen molar-refractivity contribution in [2.75, 3.05) is 11.8 Å². The molecule has 0 bridgehead atoms. The molecule has 0 radical (unpaired) electrons. The molecule has 1 atom stereocenters. The lowest BCUT2D eigenvalue weighted by atomic mass is 10.1. The Morgan fingerprint density at radius 3 is 2.05 bits per heavy atom. The van der Waals surface area contributed by atoms with Gasteiger partial charge in [0.15, 0.2) is 11.0 Å². The molecule has 0 fully saturated rings. The summed E-state index contributed by atoms with van der Waals surface area (Å²) < 4.78 is 20.6. The highest BCUT2D eigenvalue weighted by Crippen LogP contribution is 2.22. The van der Waals surface area contributed by atoms with Crippen molar-refractivity contribution in [1.82, 2.24) is 0 Å². The van der Waals surface area contributed by atoms with Crippen LogP contribution in [0.4, 0.5) is 5.69 Å². The van der Waals surface area contributed by atoms with Gasteiger partial charge in [0.2, 0.25) is 0 Å². The minimum Gasteiger partial charge on any atom is -0.497 e. The first kappa shape index (κ1) is 14.6. The lowest BCUT2D eigenvalue weighted by Gasteiger charge is -2.12. The van der Waals surface area contributed by atoms with E-state index in [1.165, 1.54) is 5.56 Å². The Morgan fingerprint density at radius 2 is 1.55 bits per heavy atom. The summed E-state index contributed by atoms with van der Waals surface area (Å²) in [5, 5.41) is 0. The minimum absolute atomic E-state index is 0.782. The van der Waals surface area contributed by atoms with Crippen LogP contribution in [0.3, 0.4) is 0 Å². The molecule has 2 aromatic carbocycles. The Morgan fingerprint density at radius 1 is 1.00 bits per heavy atom. The lowest BCUT2D eigenvalue weighted by Crippen LogP contribution is -2.08. The summed E-state index contributed by atoms with van der Waals surface area (Å²) in [4.78, 5) is 0.853. The van der Waals surface area contributed by atoms with Gasteiger partial charge in [-0.15, -0.1) is 0 Å². The Labute approximate surface area is 122 Å². The summed E-state index contributed by atoms with van der Waals surface area (Å²) in [5.74, 6) is 0.782. The Bertz CT molecular complexity index is 612. The van der Waals surface area contributed by atoms with E-state index in [1.807, 2.05) is 45.0 Å². The fourth-order valence-electron chi connectivity index (χ4n) is 2.28. The van der Waals surface area contributed by atoms with Gasteiger partial charge in [-0.3, -0.25) is 0 Å². The van der Waals surface area contributed by atoms with E-state index >= 15 is 0 Å². The van der Waals surface area contributed by atoms with Crippen LogP contribution >= 0.6 is 0 Å². The highest BCUT2D eigenvalue weighted by molar-refractivity contribution is 7.86. The second-order valence-corrected chi connectivity index (χ2v) is 5.98. The van der Waals surface area contributed by atoms with E-state index in [4.69, 9.17) is 4.74 Å². The summed E-state index contributed by atoms with van der Waals surface area (Å²) in [6.45, 7) is 6.02. The zero-order valence-electron chi connectivity index (χ0n) is 12.2. The van der Waals surface area contributed by atoms with Gasteiger partial charge in [-0.1, -0.05) is 17.7 Å². The number of rotatable bonds is 4. The third-order valence-corrected chi connectivity index (χ3v) is 4.53. The molecular weight excluding hydrogens is 270 g/mol. The third kappa shape index (κ3) is 3.20. The van der Waals surface area contributed by atoms with Crippen LogP contribution in [0.15, 0.2) is 41.3 Å². The van der Waals surface area contributed by atoms with Crippen LogP contribution < -0.4 is 9.46 Å². The summed E-state index contributed by atoms with van der Waals surface area (Å²) >= 11 is 0. The van der Waals surface area contributed by atoms with Crippen molar-refractivity contribution in [3.63, 3.8) is 0 Å². The molecule has 0 aliphatic heterocycles. The molecule has 0 aliphatic carbocycles. The fourth-order valence-corrected chi connectivity index (χ4v) is 3.43. The van der Waals surface area contributed by atoms with E-state index in [-0.39, 0.29) is 0 Å². The number of hydrogen-bond acceptors (Lipinski definition) is 2. The predicted octanol–water partition coefficient (Wildman–Crippen LogP) is 3.76. The average molecular weight is 289 g/mol. The predicted molar refractivity (Wildman–Crippen MR) is 83.7 cm³/mol. The van der Waals surface area contributed by atoms with Crippen molar-refractivity contribution in [1.29, 1.82) is 0 Å². The van der Waals surface area contributed by atoms with Crippen molar-refractivity contribution < 1.29 is 8.95 Å². The Balaban J connectivity index is 2.23. The quantitative estimate of drug-likeness (QED) is 0.930. The summed E-state index contributed by atoms with van der Waals surface area (Å²) in [6.07, 6.45) is 0. The van der Waals surface area contributed by atoms with Crippen LogP contribution in [-0.2, 0) is 11.0 Å². The molecule has 20 heavy (non-hydrogen) atoms. The maximum Gasteiger partial charge on any atom is 0.150 e. The van der Waals surface area contributed by atoms with E-state index in [9.17, 15) is 4.21 Å². The molecule has 0 saturated carbocycles. The van der Waals surface area contributed by atoms with E-state index < -0.39 is 11.0 Å². The number of ether oxygens (including phenoxy) is 1. The van der Waals surface area contributed by atoms with Gasteiger partial charge in [-0.25, -0.2) is 4.21 Å². The van der Waals surface area contributed by atoms with Gasteiger partial charge in [-0.05, 0) is 56.2 Å². The molecule has 2 rings (SSSR count). The maximum absolute atomic E-state index is 12.5. The second-order valence-electron chi connectivity index (χ2n) is 4.83. The zero-order chi connectivity index (χ0) is 14.7. The van der Waals surface area contributed by atoms with Crippen molar-refractivity contribution in [3.05, 3.63) is 53.1 Å². The molecule has 0 spiro atoms. The van der Waals surface area contributed by atoms with Gasteiger partial charge in [0.05, 0.1) is 12.0 Å². The van der Waals surface area contributed by atoms with Crippen LogP contribution in [0, 0.1) is 20.8 Å². The molecular formula is C16H19NO2S. The standard InChI is InChI=1S/C16H19NO2S/c1-11-9-12(2)16(13(3)10-11)20(18)17-14-5-7-15(19-4)8-6-14/h5-10,17H,1-4H3/t20-/m1/s1. The van der Waals surface area contributed by atoms with Crippen molar-refractivity contribution >= 4 is 16.7 Å². The van der Waals surface area contributed by atoms with Crippen molar-refractivity contribution in [2.24, 2.45) is 0 Å². The van der Waals surface area contributed by atoms with Gasteiger partial charge in [-0.2, -0.15) is 0 Å². The first-order chi connectivity index (χ1) is 9.51. The van der Waals surface area contributed by atoms with Gasteiger partial charge in [0, 0.05) is 5.69 Å². The Kier molecular flexibility index (Phi) is 4.45. The molecule has 4 heteroatoms. The smallest absolute Gasteiger partial charge is 0.150 e. The maximum atomic E-state index is 12.5. The molecule has 0 heterocycles. The molecule has 106 valence electrons. The molecule has 0 amide bonds. The number of aryl methyl sites for hydroxylation is 3. The van der Waals surface area contributed by atoms with Gasteiger partial charge in [0.1, 0.15) is 5.75 Å². The number of nitrogens with one attached hydrogen (secondary N) is 1. The van der Waals surface area contributed by atoms with Crippen LogP contribution in [-0.4, -0.2) is 11.3 Å². The zero-order valence-corrected chi connectivity index (χ0v) is 13.0. The van der Waals surface area contributed by atoms with E-state index in [1.54, 1.807) is 7.11 Å². The van der Waals surface area contributed by atoms with Crippen LogP contribution in [0.1, 0.15) is 16.7 Å². The van der Waals surface area contributed by atoms with Gasteiger partial charge >= 0.3 is 0 Å².